The maximum atomic E-state index is 4.69. The first-order valence-corrected chi connectivity index (χ1v) is 7.93. The summed E-state index contributed by atoms with van der Waals surface area (Å²) in [5.41, 5.74) is 0. The minimum atomic E-state index is 0.685. The standard InChI is InChI=1S/C15H24N4/c1-2-4-13(5-3-1)18-9-7-17-15(18)19-8-6-12-10-16-11-14(12)19/h7,9,12-14,16H,1-6,8,10-11H2/t12-,14+/m0/s1. The molecule has 4 heteroatoms. The second-order valence-corrected chi connectivity index (χ2v) is 6.39. The number of nitrogens with one attached hydrogen (secondary N) is 1. The SMILES string of the molecule is c1cn(C2CCCCC2)c(N2CC[C@H]3CNC[C@H]32)n1. The van der Waals surface area contributed by atoms with Crippen molar-refractivity contribution >= 4 is 5.95 Å². The van der Waals surface area contributed by atoms with Crippen LogP contribution in [0, 0.1) is 5.92 Å². The van der Waals surface area contributed by atoms with Crippen molar-refractivity contribution in [2.45, 2.75) is 50.6 Å². The minimum Gasteiger partial charge on any atom is -0.338 e. The van der Waals surface area contributed by atoms with Crippen molar-refractivity contribution in [2.75, 3.05) is 24.5 Å². The third-order valence-electron chi connectivity index (χ3n) is 5.32. The molecule has 2 saturated heterocycles. The monoisotopic (exact) mass is 260 g/mol. The van der Waals surface area contributed by atoms with Crippen LogP contribution in [0.1, 0.15) is 44.6 Å². The number of fused-ring (bicyclic) bond motifs is 1. The van der Waals surface area contributed by atoms with Crippen molar-refractivity contribution in [3.63, 3.8) is 0 Å². The fourth-order valence-electron chi connectivity index (χ4n) is 4.27. The summed E-state index contributed by atoms with van der Waals surface area (Å²) in [6, 6.07) is 1.38. The van der Waals surface area contributed by atoms with Crippen molar-refractivity contribution in [1.29, 1.82) is 0 Å². The van der Waals surface area contributed by atoms with Gasteiger partial charge in [0, 0.05) is 44.1 Å². The van der Waals surface area contributed by atoms with E-state index in [1.165, 1.54) is 57.6 Å². The van der Waals surface area contributed by atoms with Crippen LogP contribution in [-0.4, -0.2) is 35.2 Å². The van der Waals surface area contributed by atoms with Crippen molar-refractivity contribution in [2.24, 2.45) is 5.92 Å². The quantitative estimate of drug-likeness (QED) is 0.885. The molecule has 104 valence electrons. The van der Waals surface area contributed by atoms with Gasteiger partial charge in [-0.2, -0.15) is 0 Å². The molecular formula is C15H24N4. The van der Waals surface area contributed by atoms with Gasteiger partial charge in [-0.15, -0.1) is 0 Å². The Morgan fingerprint density at radius 1 is 1.11 bits per heavy atom. The van der Waals surface area contributed by atoms with Gasteiger partial charge in [0.05, 0.1) is 0 Å². The number of hydrogen-bond acceptors (Lipinski definition) is 3. The number of imidazole rings is 1. The zero-order valence-electron chi connectivity index (χ0n) is 11.6. The Hall–Kier alpha value is -1.03. The fraction of sp³-hybridized carbons (Fsp3) is 0.800. The van der Waals surface area contributed by atoms with E-state index in [-0.39, 0.29) is 0 Å². The van der Waals surface area contributed by atoms with Crippen LogP contribution < -0.4 is 10.2 Å². The molecule has 0 amide bonds. The van der Waals surface area contributed by atoms with Gasteiger partial charge in [-0.3, -0.25) is 0 Å². The van der Waals surface area contributed by atoms with Crippen molar-refractivity contribution < 1.29 is 0 Å². The summed E-state index contributed by atoms with van der Waals surface area (Å²) in [5, 5.41) is 3.54. The molecule has 0 spiro atoms. The Morgan fingerprint density at radius 2 is 2.00 bits per heavy atom. The van der Waals surface area contributed by atoms with E-state index in [2.05, 4.69) is 21.0 Å². The molecule has 2 aliphatic heterocycles. The first-order chi connectivity index (χ1) is 9.43. The van der Waals surface area contributed by atoms with Crippen molar-refractivity contribution in [3.8, 4) is 0 Å². The first-order valence-electron chi connectivity index (χ1n) is 7.93. The summed E-state index contributed by atoms with van der Waals surface area (Å²) in [6.07, 6.45) is 12.4. The largest absolute Gasteiger partial charge is 0.338 e. The molecule has 3 fully saturated rings. The predicted octanol–water partition coefficient (Wildman–Crippen LogP) is 2.19. The van der Waals surface area contributed by atoms with Gasteiger partial charge in [-0.05, 0) is 25.2 Å². The van der Waals surface area contributed by atoms with Gasteiger partial charge < -0.3 is 14.8 Å². The lowest BCUT2D eigenvalue weighted by molar-refractivity contribution is 0.352. The number of aromatic nitrogens is 2. The van der Waals surface area contributed by atoms with Gasteiger partial charge in [-0.25, -0.2) is 4.98 Å². The molecule has 1 saturated carbocycles. The van der Waals surface area contributed by atoms with E-state index in [1.807, 2.05) is 6.20 Å². The second kappa shape index (κ2) is 4.82. The maximum absolute atomic E-state index is 4.69. The van der Waals surface area contributed by atoms with Crippen LogP contribution in [0.4, 0.5) is 5.95 Å². The number of nitrogens with zero attached hydrogens (tertiary/aromatic N) is 3. The van der Waals surface area contributed by atoms with Crippen LogP contribution in [0.25, 0.3) is 0 Å². The average molecular weight is 260 g/mol. The lowest BCUT2D eigenvalue weighted by Crippen LogP contribution is -2.36. The molecule has 1 aliphatic carbocycles. The number of rotatable bonds is 2. The first kappa shape index (κ1) is 11.8. The van der Waals surface area contributed by atoms with E-state index in [1.54, 1.807) is 0 Å². The highest BCUT2D eigenvalue weighted by atomic mass is 15.4. The summed E-state index contributed by atoms with van der Waals surface area (Å²) in [7, 11) is 0. The highest BCUT2D eigenvalue weighted by Gasteiger charge is 2.39. The van der Waals surface area contributed by atoms with Crippen LogP contribution in [-0.2, 0) is 0 Å². The zero-order valence-corrected chi connectivity index (χ0v) is 11.6. The normalized spacial score (nSPS) is 31.9. The summed E-state index contributed by atoms with van der Waals surface area (Å²) in [4.78, 5) is 7.26. The Morgan fingerprint density at radius 3 is 2.89 bits per heavy atom. The van der Waals surface area contributed by atoms with Gasteiger partial charge in [0.15, 0.2) is 0 Å². The lowest BCUT2D eigenvalue weighted by atomic mass is 9.95. The number of hydrogen-bond donors (Lipinski definition) is 1. The van der Waals surface area contributed by atoms with E-state index in [0.717, 1.165) is 12.5 Å². The second-order valence-electron chi connectivity index (χ2n) is 6.39. The van der Waals surface area contributed by atoms with Gasteiger partial charge >= 0.3 is 0 Å². The summed E-state index contributed by atoms with van der Waals surface area (Å²) in [5.74, 6) is 2.08. The van der Waals surface area contributed by atoms with Gasteiger partial charge in [0.25, 0.3) is 0 Å². The summed E-state index contributed by atoms with van der Waals surface area (Å²) in [6.45, 7) is 3.54. The Balaban J connectivity index is 1.59. The van der Waals surface area contributed by atoms with E-state index >= 15 is 0 Å². The third-order valence-corrected chi connectivity index (χ3v) is 5.32. The molecule has 1 aromatic heterocycles. The molecule has 0 unspecified atom stereocenters. The molecule has 2 atom stereocenters. The van der Waals surface area contributed by atoms with Crippen LogP contribution in [0.5, 0.6) is 0 Å². The third kappa shape index (κ3) is 1.97. The Labute approximate surface area is 115 Å². The van der Waals surface area contributed by atoms with Crippen LogP contribution in [0.2, 0.25) is 0 Å². The molecule has 3 heterocycles. The minimum absolute atomic E-state index is 0.685. The predicted molar refractivity (Wildman–Crippen MR) is 76.5 cm³/mol. The van der Waals surface area contributed by atoms with E-state index in [4.69, 9.17) is 4.98 Å². The fourth-order valence-corrected chi connectivity index (χ4v) is 4.27. The van der Waals surface area contributed by atoms with E-state index in [9.17, 15) is 0 Å². The highest BCUT2D eigenvalue weighted by Crippen LogP contribution is 2.35. The van der Waals surface area contributed by atoms with E-state index < -0.39 is 0 Å². The molecule has 4 nitrogen and oxygen atoms in total. The highest BCUT2D eigenvalue weighted by molar-refractivity contribution is 5.37. The van der Waals surface area contributed by atoms with Crippen LogP contribution in [0.3, 0.4) is 0 Å². The topological polar surface area (TPSA) is 33.1 Å². The Kier molecular flexibility index (Phi) is 2.98. The van der Waals surface area contributed by atoms with E-state index in [0.29, 0.717) is 12.1 Å². The molecule has 3 aliphatic rings. The smallest absolute Gasteiger partial charge is 0.206 e. The summed E-state index contributed by atoms with van der Waals surface area (Å²) < 4.78 is 2.47. The molecule has 0 aromatic carbocycles. The average Bonchev–Trinajstić information content (AvgIpc) is 3.15. The zero-order chi connectivity index (χ0) is 12.7. The maximum Gasteiger partial charge on any atom is 0.206 e. The number of anilines is 1. The Bertz CT molecular complexity index is 435. The van der Waals surface area contributed by atoms with Crippen LogP contribution in [0.15, 0.2) is 12.4 Å². The van der Waals surface area contributed by atoms with Gasteiger partial charge in [-0.1, -0.05) is 19.3 Å². The molecule has 0 radical (unpaired) electrons. The summed E-state index contributed by atoms with van der Waals surface area (Å²) >= 11 is 0. The van der Waals surface area contributed by atoms with Gasteiger partial charge in [0.1, 0.15) is 0 Å². The van der Waals surface area contributed by atoms with Crippen molar-refractivity contribution in [3.05, 3.63) is 12.4 Å². The molecule has 0 bridgehead atoms. The van der Waals surface area contributed by atoms with Crippen LogP contribution >= 0.6 is 0 Å². The molecule has 4 rings (SSSR count). The molecular weight excluding hydrogens is 236 g/mol. The lowest BCUT2D eigenvalue weighted by Gasteiger charge is -2.30. The van der Waals surface area contributed by atoms with Gasteiger partial charge in [0.2, 0.25) is 5.95 Å². The molecule has 1 aromatic rings. The molecule has 1 N–H and O–H groups in total. The molecule has 19 heavy (non-hydrogen) atoms. The van der Waals surface area contributed by atoms with Crippen molar-refractivity contribution in [1.82, 2.24) is 14.9 Å².